The zero-order chi connectivity index (χ0) is 6.85. The maximum Gasteiger partial charge on any atom is 0.283 e. The summed E-state index contributed by atoms with van der Waals surface area (Å²) in [5.74, 6) is 0. The fourth-order valence-electron chi connectivity index (χ4n) is 0.477. The molecule has 1 aromatic rings. The van der Waals surface area contributed by atoms with Crippen molar-refractivity contribution in [2.24, 2.45) is 0 Å². The highest BCUT2D eigenvalue weighted by Crippen LogP contribution is 2.20. The standard InChI is InChI=1S/C5H4NO2S/c1-4-2-9-3-5(4)6(7)8/h2-3H,1H2. The van der Waals surface area contributed by atoms with Crippen molar-refractivity contribution in [3.8, 4) is 0 Å². The lowest BCUT2D eigenvalue weighted by molar-refractivity contribution is -0.384. The van der Waals surface area contributed by atoms with Crippen LogP contribution < -0.4 is 0 Å². The summed E-state index contributed by atoms with van der Waals surface area (Å²) in [6, 6.07) is 0. The molecule has 0 spiro atoms. The first-order chi connectivity index (χ1) is 4.22. The van der Waals surface area contributed by atoms with Gasteiger partial charge in [-0.1, -0.05) is 0 Å². The first-order valence-corrected chi connectivity index (χ1v) is 3.18. The van der Waals surface area contributed by atoms with Gasteiger partial charge in [0.2, 0.25) is 0 Å². The quantitative estimate of drug-likeness (QED) is 0.443. The lowest BCUT2D eigenvalue weighted by Crippen LogP contribution is -1.85. The predicted octanol–water partition coefficient (Wildman–Crippen LogP) is 1.84. The summed E-state index contributed by atoms with van der Waals surface area (Å²) in [4.78, 5) is 9.62. The second-order valence-electron chi connectivity index (χ2n) is 1.54. The molecule has 1 heterocycles. The van der Waals surface area contributed by atoms with Crippen molar-refractivity contribution in [3.63, 3.8) is 0 Å². The molecule has 0 saturated carbocycles. The number of nitro groups is 1. The molecule has 0 N–H and O–H groups in total. The molecule has 0 fully saturated rings. The largest absolute Gasteiger partial charge is 0.283 e. The molecule has 0 unspecified atom stereocenters. The zero-order valence-electron chi connectivity index (χ0n) is 4.53. The Hall–Kier alpha value is -0.900. The summed E-state index contributed by atoms with van der Waals surface area (Å²) in [5.41, 5.74) is 0.602. The van der Waals surface area contributed by atoms with E-state index < -0.39 is 4.92 Å². The van der Waals surface area contributed by atoms with E-state index in [4.69, 9.17) is 0 Å². The minimum atomic E-state index is -0.432. The van der Waals surface area contributed by atoms with Crippen LogP contribution in [-0.2, 0) is 0 Å². The SMILES string of the molecule is [CH2]c1cscc1[N+](=O)[O-]. The van der Waals surface area contributed by atoms with Gasteiger partial charge in [0.15, 0.2) is 0 Å². The molecule has 0 saturated heterocycles. The average Bonchev–Trinajstić information content (AvgIpc) is 2.13. The number of hydrogen-bond donors (Lipinski definition) is 0. The summed E-state index contributed by atoms with van der Waals surface area (Å²) in [6.07, 6.45) is 0. The third kappa shape index (κ3) is 1.08. The molecule has 0 aliphatic heterocycles. The van der Waals surface area contributed by atoms with E-state index in [-0.39, 0.29) is 5.69 Å². The third-order valence-corrected chi connectivity index (χ3v) is 1.70. The van der Waals surface area contributed by atoms with Gasteiger partial charge in [0.05, 0.1) is 10.3 Å². The molecular formula is C5H4NO2S. The van der Waals surface area contributed by atoms with E-state index >= 15 is 0 Å². The van der Waals surface area contributed by atoms with Gasteiger partial charge in [0.1, 0.15) is 0 Å². The van der Waals surface area contributed by atoms with E-state index in [1.165, 1.54) is 16.7 Å². The van der Waals surface area contributed by atoms with E-state index in [9.17, 15) is 10.1 Å². The van der Waals surface area contributed by atoms with E-state index in [0.717, 1.165) is 0 Å². The molecule has 1 radical (unpaired) electrons. The normalized spacial score (nSPS) is 9.44. The average molecular weight is 142 g/mol. The summed E-state index contributed by atoms with van der Waals surface area (Å²) < 4.78 is 0. The van der Waals surface area contributed by atoms with Crippen molar-refractivity contribution in [2.45, 2.75) is 0 Å². The monoisotopic (exact) mass is 142 g/mol. The molecule has 1 aromatic heterocycles. The van der Waals surface area contributed by atoms with Gasteiger partial charge >= 0.3 is 0 Å². The molecule has 1 rings (SSSR count). The minimum Gasteiger partial charge on any atom is -0.258 e. The molecule has 9 heavy (non-hydrogen) atoms. The minimum absolute atomic E-state index is 0.111. The van der Waals surface area contributed by atoms with Gasteiger partial charge in [0.25, 0.3) is 5.69 Å². The van der Waals surface area contributed by atoms with Crippen molar-refractivity contribution in [1.29, 1.82) is 0 Å². The summed E-state index contributed by atoms with van der Waals surface area (Å²) in [5, 5.41) is 13.2. The Morgan fingerprint density at radius 3 is 2.56 bits per heavy atom. The summed E-state index contributed by atoms with van der Waals surface area (Å²) in [7, 11) is 0. The molecule has 0 aromatic carbocycles. The Morgan fingerprint density at radius 2 is 2.33 bits per heavy atom. The maximum absolute atomic E-state index is 10.1. The van der Waals surface area contributed by atoms with Crippen LogP contribution in [0.3, 0.4) is 0 Å². The van der Waals surface area contributed by atoms with Crippen molar-refractivity contribution in [2.75, 3.05) is 0 Å². The molecule has 0 amide bonds. The van der Waals surface area contributed by atoms with Gasteiger partial charge in [-0.05, 0) is 6.92 Å². The molecular weight excluding hydrogens is 138 g/mol. The first-order valence-electron chi connectivity index (χ1n) is 2.24. The van der Waals surface area contributed by atoms with Crippen LogP contribution in [-0.4, -0.2) is 4.92 Å². The number of hydrogen-bond acceptors (Lipinski definition) is 3. The van der Waals surface area contributed by atoms with E-state index in [1.807, 2.05) is 0 Å². The van der Waals surface area contributed by atoms with Crippen LogP contribution in [0.15, 0.2) is 10.8 Å². The molecule has 47 valence electrons. The lowest BCUT2D eigenvalue weighted by atomic mass is 10.3. The smallest absolute Gasteiger partial charge is 0.258 e. The highest BCUT2D eigenvalue weighted by Gasteiger charge is 2.08. The van der Waals surface area contributed by atoms with Crippen LogP contribution in [0, 0.1) is 17.0 Å². The number of nitrogens with zero attached hydrogens (tertiary/aromatic N) is 1. The van der Waals surface area contributed by atoms with Crippen LogP contribution in [0.2, 0.25) is 0 Å². The summed E-state index contributed by atoms with van der Waals surface area (Å²) in [6.45, 7) is 3.47. The Kier molecular flexibility index (Phi) is 1.48. The van der Waals surface area contributed by atoms with Crippen LogP contribution in [0.5, 0.6) is 0 Å². The fourth-order valence-corrected chi connectivity index (χ4v) is 1.20. The Bertz CT molecular complexity index is 231. The Balaban J connectivity index is 3.08. The zero-order valence-corrected chi connectivity index (χ0v) is 5.35. The molecule has 0 bridgehead atoms. The van der Waals surface area contributed by atoms with Crippen LogP contribution in [0.1, 0.15) is 5.56 Å². The third-order valence-electron chi connectivity index (χ3n) is 0.916. The van der Waals surface area contributed by atoms with Gasteiger partial charge in [-0.2, -0.15) is 0 Å². The Morgan fingerprint density at radius 1 is 1.67 bits per heavy atom. The van der Waals surface area contributed by atoms with Crippen molar-refractivity contribution in [3.05, 3.63) is 33.4 Å². The van der Waals surface area contributed by atoms with Gasteiger partial charge in [-0.3, -0.25) is 10.1 Å². The van der Waals surface area contributed by atoms with E-state index in [0.29, 0.717) is 5.56 Å². The first kappa shape index (κ1) is 6.22. The second-order valence-corrected chi connectivity index (χ2v) is 2.28. The van der Waals surface area contributed by atoms with E-state index in [1.54, 1.807) is 5.38 Å². The highest BCUT2D eigenvalue weighted by atomic mass is 32.1. The van der Waals surface area contributed by atoms with Gasteiger partial charge in [-0.25, -0.2) is 0 Å². The van der Waals surface area contributed by atoms with Gasteiger partial charge in [0, 0.05) is 10.9 Å². The number of rotatable bonds is 1. The topological polar surface area (TPSA) is 43.1 Å². The molecule has 0 aliphatic rings. The van der Waals surface area contributed by atoms with Gasteiger partial charge < -0.3 is 0 Å². The maximum atomic E-state index is 10.1. The van der Waals surface area contributed by atoms with Crippen LogP contribution >= 0.6 is 11.3 Å². The van der Waals surface area contributed by atoms with Crippen molar-refractivity contribution < 1.29 is 4.92 Å². The van der Waals surface area contributed by atoms with Crippen molar-refractivity contribution >= 4 is 17.0 Å². The predicted molar refractivity (Wildman–Crippen MR) is 35.4 cm³/mol. The second kappa shape index (κ2) is 2.14. The van der Waals surface area contributed by atoms with Crippen molar-refractivity contribution in [1.82, 2.24) is 0 Å². The molecule has 3 nitrogen and oxygen atoms in total. The Labute approximate surface area is 56.1 Å². The lowest BCUT2D eigenvalue weighted by Gasteiger charge is -1.83. The summed E-state index contributed by atoms with van der Waals surface area (Å²) >= 11 is 1.29. The van der Waals surface area contributed by atoms with Gasteiger partial charge in [-0.15, -0.1) is 11.3 Å². The molecule has 4 heteroatoms. The van der Waals surface area contributed by atoms with E-state index in [2.05, 4.69) is 6.92 Å². The van der Waals surface area contributed by atoms with Crippen LogP contribution in [0.25, 0.3) is 0 Å². The number of thiophene rings is 1. The molecule has 0 atom stereocenters. The highest BCUT2D eigenvalue weighted by molar-refractivity contribution is 7.08. The van der Waals surface area contributed by atoms with Crippen LogP contribution in [0.4, 0.5) is 5.69 Å². The fraction of sp³-hybridized carbons (Fsp3) is 0. The molecule has 0 aliphatic carbocycles.